The van der Waals surface area contributed by atoms with Crippen LogP contribution in [0, 0.1) is 23.6 Å². The zero-order valence-electron chi connectivity index (χ0n) is 22.4. The number of halogens is 1. The van der Waals surface area contributed by atoms with Gasteiger partial charge in [0.15, 0.2) is 6.29 Å². The summed E-state index contributed by atoms with van der Waals surface area (Å²) in [7, 11) is 1.37. The molecule has 3 aromatic rings. The number of methoxy groups -OCH3 is 1. The highest BCUT2D eigenvalue weighted by Gasteiger charge is 2.49. The van der Waals surface area contributed by atoms with Gasteiger partial charge in [-0.3, -0.25) is 9.59 Å². The molecule has 3 aromatic carbocycles. The minimum absolute atomic E-state index is 0.00143. The first kappa shape index (κ1) is 27.6. The number of nitrogens with one attached hydrogen (secondary N) is 1. The van der Waals surface area contributed by atoms with Crippen molar-refractivity contribution in [3.63, 3.8) is 0 Å². The number of allylic oxidation sites excluding steroid dienone is 1. The van der Waals surface area contributed by atoms with Crippen molar-refractivity contribution in [2.24, 2.45) is 17.8 Å². The third-order valence-corrected chi connectivity index (χ3v) is 7.62. The van der Waals surface area contributed by atoms with Crippen molar-refractivity contribution in [2.75, 3.05) is 13.7 Å². The van der Waals surface area contributed by atoms with Crippen LogP contribution in [-0.2, 0) is 20.9 Å². The molecule has 208 valence electrons. The number of hydrogen-bond acceptors (Lipinski definition) is 6. The largest absolute Gasteiger partial charge is 0.496 e. The fourth-order valence-electron chi connectivity index (χ4n) is 5.60. The molecule has 1 saturated carbocycles. The van der Waals surface area contributed by atoms with Gasteiger partial charge in [-0.2, -0.15) is 0 Å². The number of rotatable bonds is 10. The smallest absolute Gasteiger partial charge is 0.311 e. The van der Waals surface area contributed by atoms with Crippen molar-refractivity contribution < 1.29 is 33.3 Å². The highest BCUT2D eigenvalue weighted by Crippen LogP contribution is 2.44. The molecule has 0 saturated heterocycles. The molecule has 5 rings (SSSR count). The van der Waals surface area contributed by atoms with E-state index in [2.05, 4.69) is 5.32 Å². The van der Waals surface area contributed by atoms with E-state index in [1.807, 2.05) is 42.5 Å². The highest BCUT2D eigenvalue weighted by atomic mass is 19.1. The quantitative estimate of drug-likeness (QED) is 0.207. The SMILES string of the molecule is CCOC(O)c1ccc(-c2cc(C(=O)N[C@H]3C(C(=O)OCc4ccccc4)[C@@H]4C=C[C@H]3C4)c(OC)cc2F)cc1. The van der Waals surface area contributed by atoms with Crippen LogP contribution < -0.4 is 10.1 Å². The lowest BCUT2D eigenvalue weighted by Crippen LogP contribution is -2.46. The second-order valence-electron chi connectivity index (χ2n) is 10.0. The van der Waals surface area contributed by atoms with Gasteiger partial charge in [-0.25, -0.2) is 4.39 Å². The monoisotopic (exact) mass is 545 g/mol. The Morgan fingerprint density at radius 1 is 1.05 bits per heavy atom. The number of fused-ring (bicyclic) bond motifs is 2. The summed E-state index contributed by atoms with van der Waals surface area (Å²) in [6.07, 6.45) is 3.72. The lowest BCUT2D eigenvalue weighted by atomic mass is 9.88. The summed E-state index contributed by atoms with van der Waals surface area (Å²) < 4.78 is 31.3. The molecule has 0 spiro atoms. The van der Waals surface area contributed by atoms with Crippen molar-refractivity contribution >= 4 is 11.9 Å². The third-order valence-electron chi connectivity index (χ3n) is 7.62. The Balaban J connectivity index is 1.36. The Morgan fingerprint density at radius 3 is 2.48 bits per heavy atom. The van der Waals surface area contributed by atoms with Gasteiger partial charge in [0.25, 0.3) is 5.91 Å². The molecule has 40 heavy (non-hydrogen) atoms. The second-order valence-corrected chi connectivity index (χ2v) is 10.0. The summed E-state index contributed by atoms with van der Waals surface area (Å²) in [5.41, 5.74) is 2.30. The van der Waals surface area contributed by atoms with Crippen LogP contribution in [0.5, 0.6) is 5.75 Å². The molecule has 7 nitrogen and oxygen atoms in total. The van der Waals surface area contributed by atoms with E-state index in [4.69, 9.17) is 14.2 Å². The van der Waals surface area contributed by atoms with Crippen molar-refractivity contribution in [1.29, 1.82) is 0 Å². The van der Waals surface area contributed by atoms with Crippen molar-refractivity contribution in [3.05, 3.63) is 101 Å². The number of ether oxygens (including phenoxy) is 3. The molecule has 2 aliphatic carbocycles. The van der Waals surface area contributed by atoms with Crippen LogP contribution in [0.25, 0.3) is 11.1 Å². The Morgan fingerprint density at radius 2 is 1.77 bits per heavy atom. The van der Waals surface area contributed by atoms with Gasteiger partial charge >= 0.3 is 5.97 Å². The van der Waals surface area contributed by atoms with E-state index in [0.717, 1.165) is 12.0 Å². The Kier molecular flexibility index (Phi) is 8.28. The molecule has 2 bridgehead atoms. The third kappa shape index (κ3) is 5.64. The topological polar surface area (TPSA) is 94.1 Å². The molecule has 0 radical (unpaired) electrons. The molecule has 1 amide bonds. The number of aliphatic hydroxyl groups excluding tert-OH is 1. The summed E-state index contributed by atoms with van der Waals surface area (Å²) in [5.74, 6) is -1.83. The Labute approximate surface area is 232 Å². The normalized spacial score (nSPS) is 21.7. The van der Waals surface area contributed by atoms with Crippen molar-refractivity contribution in [2.45, 2.75) is 32.3 Å². The number of carbonyl (C=O) groups excluding carboxylic acids is 2. The molecule has 2 aliphatic rings. The predicted octanol–water partition coefficient (Wildman–Crippen LogP) is 5.19. The van der Waals surface area contributed by atoms with Gasteiger partial charge < -0.3 is 24.6 Å². The van der Waals surface area contributed by atoms with Crippen LogP contribution in [0.15, 0.2) is 78.9 Å². The van der Waals surface area contributed by atoms with Crippen LogP contribution in [-0.4, -0.2) is 36.7 Å². The molecule has 0 aromatic heterocycles. The maximum atomic E-state index is 15.1. The lowest BCUT2D eigenvalue weighted by Gasteiger charge is -2.27. The molecule has 5 atom stereocenters. The Hall–Kier alpha value is -4.01. The maximum absolute atomic E-state index is 15.1. The highest BCUT2D eigenvalue weighted by molar-refractivity contribution is 5.99. The number of carbonyl (C=O) groups is 2. The number of aliphatic hydroxyl groups is 1. The van der Waals surface area contributed by atoms with E-state index in [-0.39, 0.29) is 41.3 Å². The van der Waals surface area contributed by atoms with E-state index in [1.54, 1.807) is 31.2 Å². The fourth-order valence-corrected chi connectivity index (χ4v) is 5.60. The van der Waals surface area contributed by atoms with Gasteiger partial charge in [0.1, 0.15) is 18.2 Å². The van der Waals surface area contributed by atoms with Gasteiger partial charge in [-0.15, -0.1) is 0 Å². The average Bonchev–Trinajstić information content (AvgIpc) is 3.58. The zero-order chi connectivity index (χ0) is 28.2. The van der Waals surface area contributed by atoms with E-state index < -0.39 is 30.0 Å². The lowest BCUT2D eigenvalue weighted by molar-refractivity contribution is -0.151. The van der Waals surface area contributed by atoms with Crippen molar-refractivity contribution in [3.8, 4) is 16.9 Å². The molecular weight excluding hydrogens is 513 g/mol. The van der Waals surface area contributed by atoms with E-state index >= 15 is 4.39 Å². The Bertz CT molecular complexity index is 1390. The fraction of sp³-hybridized carbons (Fsp3) is 0.312. The van der Waals surface area contributed by atoms with E-state index in [0.29, 0.717) is 17.7 Å². The molecular formula is C32H32FNO6. The number of amides is 1. The number of hydrogen-bond donors (Lipinski definition) is 2. The summed E-state index contributed by atoms with van der Waals surface area (Å²) in [4.78, 5) is 26.7. The number of esters is 1. The van der Waals surface area contributed by atoms with Crippen LogP contribution in [0.4, 0.5) is 4.39 Å². The second kappa shape index (κ2) is 12.0. The van der Waals surface area contributed by atoms with Gasteiger partial charge in [0, 0.05) is 29.8 Å². The van der Waals surface area contributed by atoms with E-state index in [9.17, 15) is 14.7 Å². The average molecular weight is 546 g/mol. The van der Waals surface area contributed by atoms with Gasteiger partial charge in [-0.1, -0.05) is 66.7 Å². The minimum atomic E-state index is -1.08. The minimum Gasteiger partial charge on any atom is -0.496 e. The van der Waals surface area contributed by atoms with E-state index in [1.165, 1.54) is 19.2 Å². The summed E-state index contributed by atoms with van der Waals surface area (Å²) in [6.45, 7) is 2.28. The molecule has 2 unspecified atom stereocenters. The summed E-state index contributed by atoms with van der Waals surface area (Å²) >= 11 is 0. The molecule has 8 heteroatoms. The molecule has 1 fully saturated rings. The van der Waals surface area contributed by atoms with Crippen LogP contribution in [0.3, 0.4) is 0 Å². The molecule has 0 heterocycles. The van der Waals surface area contributed by atoms with Crippen LogP contribution in [0.1, 0.15) is 41.1 Å². The molecule has 0 aliphatic heterocycles. The molecule has 2 N–H and O–H groups in total. The first-order valence-electron chi connectivity index (χ1n) is 13.4. The predicted molar refractivity (Wildman–Crippen MR) is 147 cm³/mol. The first-order valence-corrected chi connectivity index (χ1v) is 13.4. The maximum Gasteiger partial charge on any atom is 0.311 e. The summed E-state index contributed by atoms with van der Waals surface area (Å²) in [5, 5.41) is 13.1. The first-order chi connectivity index (χ1) is 19.4. The standard InChI is InChI=1S/C32H32FNO6/c1-3-39-31(36)21-11-9-20(10-12-21)24-16-25(27(38-2)17-26(24)33)30(35)34-29-23-14-13-22(15-23)28(29)32(37)40-18-19-7-5-4-6-8-19/h4-14,16-17,22-23,28-29,31,36H,3,15,18H2,1-2H3,(H,34,35)/t22-,23+,28?,29-,31?/m1/s1. The summed E-state index contributed by atoms with van der Waals surface area (Å²) in [6, 6.07) is 18.2. The number of benzene rings is 3. The van der Waals surface area contributed by atoms with Crippen LogP contribution >= 0.6 is 0 Å². The van der Waals surface area contributed by atoms with Crippen molar-refractivity contribution in [1.82, 2.24) is 5.32 Å². The van der Waals surface area contributed by atoms with Gasteiger partial charge in [0.05, 0.1) is 18.6 Å². The van der Waals surface area contributed by atoms with Gasteiger partial charge in [0.2, 0.25) is 0 Å². The zero-order valence-corrected chi connectivity index (χ0v) is 22.4. The van der Waals surface area contributed by atoms with Crippen LogP contribution in [0.2, 0.25) is 0 Å². The van der Waals surface area contributed by atoms with Gasteiger partial charge in [-0.05, 0) is 42.4 Å².